The second-order valence-corrected chi connectivity index (χ2v) is 8.13. The Balaban J connectivity index is 1.72. The van der Waals surface area contributed by atoms with Gasteiger partial charge in [-0.3, -0.25) is 9.59 Å². The number of amides is 2. The van der Waals surface area contributed by atoms with Crippen molar-refractivity contribution in [3.8, 4) is 5.75 Å². The van der Waals surface area contributed by atoms with E-state index in [0.29, 0.717) is 11.3 Å². The SMILES string of the molecule is Cc1cc2c(cc1S(=O)(=O)CCC(=O)Nc1ccccc1F)OCC(=O)N2. The van der Waals surface area contributed by atoms with Crippen LogP contribution in [0.4, 0.5) is 15.8 Å². The van der Waals surface area contributed by atoms with Crippen molar-refractivity contribution in [2.75, 3.05) is 23.0 Å². The third kappa shape index (κ3) is 4.25. The highest BCUT2D eigenvalue weighted by molar-refractivity contribution is 7.91. The monoisotopic (exact) mass is 392 g/mol. The van der Waals surface area contributed by atoms with Crippen LogP contribution in [0.3, 0.4) is 0 Å². The molecule has 27 heavy (non-hydrogen) atoms. The first-order valence-electron chi connectivity index (χ1n) is 8.11. The summed E-state index contributed by atoms with van der Waals surface area (Å²) in [6.07, 6.45) is -0.329. The molecule has 2 aromatic rings. The number of ether oxygens (including phenoxy) is 1. The van der Waals surface area contributed by atoms with Crippen LogP contribution in [0.5, 0.6) is 5.75 Å². The molecule has 0 fully saturated rings. The van der Waals surface area contributed by atoms with Crippen molar-refractivity contribution in [2.45, 2.75) is 18.2 Å². The van der Waals surface area contributed by atoms with E-state index in [-0.39, 0.29) is 35.3 Å². The predicted octanol–water partition coefficient (Wildman–Crippen LogP) is 2.27. The van der Waals surface area contributed by atoms with Gasteiger partial charge in [-0.1, -0.05) is 12.1 Å². The van der Waals surface area contributed by atoms with E-state index in [0.717, 1.165) is 0 Å². The highest BCUT2D eigenvalue weighted by Crippen LogP contribution is 2.33. The van der Waals surface area contributed by atoms with Gasteiger partial charge in [0.25, 0.3) is 5.91 Å². The largest absolute Gasteiger partial charge is 0.482 e. The number of halogens is 1. The number of anilines is 2. The van der Waals surface area contributed by atoms with Crippen LogP contribution in [0.1, 0.15) is 12.0 Å². The van der Waals surface area contributed by atoms with Gasteiger partial charge in [0.2, 0.25) is 5.91 Å². The fraction of sp³-hybridized carbons (Fsp3) is 0.222. The maximum absolute atomic E-state index is 13.6. The minimum atomic E-state index is -3.78. The molecule has 0 spiro atoms. The Morgan fingerprint density at radius 3 is 2.78 bits per heavy atom. The van der Waals surface area contributed by atoms with Crippen LogP contribution in [-0.2, 0) is 19.4 Å². The Morgan fingerprint density at radius 2 is 2.04 bits per heavy atom. The Hall–Kier alpha value is -2.94. The van der Waals surface area contributed by atoms with Crippen LogP contribution in [0.25, 0.3) is 0 Å². The summed E-state index contributed by atoms with van der Waals surface area (Å²) < 4.78 is 44.1. The fourth-order valence-electron chi connectivity index (χ4n) is 2.66. The van der Waals surface area contributed by atoms with Gasteiger partial charge in [-0.15, -0.1) is 0 Å². The minimum Gasteiger partial charge on any atom is -0.482 e. The molecule has 0 saturated carbocycles. The van der Waals surface area contributed by atoms with E-state index in [1.54, 1.807) is 13.0 Å². The van der Waals surface area contributed by atoms with E-state index in [1.807, 2.05) is 0 Å². The van der Waals surface area contributed by atoms with Crippen molar-refractivity contribution in [3.05, 3.63) is 47.8 Å². The third-order valence-electron chi connectivity index (χ3n) is 3.99. The lowest BCUT2D eigenvalue weighted by Crippen LogP contribution is -2.26. The van der Waals surface area contributed by atoms with Crippen molar-refractivity contribution in [3.63, 3.8) is 0 Å². The maximum atomic E-state index is 13.6. The number of carbonyl (C=O) groups excluding carboxylic acids is 2. The molecule has 0 atom stereocenters. The lowest BCUT2D eigenvalue weighted by atomic mass is 10.2. The Kier molecular flexibility index (Phi) is 5.13. The fourth-order valence-corrected chi connectivity index (χ4v) is 4.17. The number of rotatable bonds is 5. The van der Waals surface area contributed by atoms with Crippen LogP contribution in [0.15, 0.2) is 41.3 Å². The van der Waals surface area contributed by atoms with Gasteiger partial charge in [0.1, 0.15) is 11.6 Å². The van der Waals surface area contributed by atoms with Gasteiger partial charge in [0.05, 0.1) is 22.0 Å². The normalized spacial score (nSPS) is 13.3. The molecule has 7 nitrogen and oxygen atoms in total. The van der Waals surface area contributed by atoms with E-state index in [9.17, 15) is 22.4 Å². The molecule has 0 unspecified atom stereocenters. The zero-order valence-electron chi connectivity index (χ0n) is 14.4. The maximum Gasteiger partial charge on any atom is 0.262 e. The Labute approximate surface area is 155 Å². The topological polar surface area (TPSA) is 102 Å². The summed E-state index contributed by atoms with van der Waals surface area (Å²) in [6, 6.07) is 8.49. The first-order chi connectivity index (χ1) is 12.8. The molecule has 1 aliphatic heterocycles. The Morgan fingerprint density at radius 1 is 1.30 bits per heavy atom. The van der Waals surface area contributed by atoms with Gasteiger partial charge >= 0.3 is 0 Å². The zero-order valence-corrected chi connectivity index (χ0v) is 15.2. The van der Waals surface area contributed by atoms with Crippen LogP contribution in [0, 0.1) is 12.7 Å². The lowest BCUT2D eigenvalue weighted by molar-refractivity contribution is -0.118. The van der Waals surface area contributed by atoms with Crippen LogP contribution < -0.4 is 15.4 Å². The second-order valence-electron chi connectivity index (χ2n) is 6.05. The van der Waals surface area contributed by atoms with Crippen LogP contribution in [0.2, 0.25) is 0 Å². The summed E-state index contributed by atoms with van der Waals surface area (Å²) >= 11 is 0. The number of carbonyl (C=O) groups is 2. The van der Waals surface area contributed by atoms with E-state index in [2.05, 4.69) is 10.6 Å². The van der Waals surface area contributed by atoms with Crippen molar-refractivity contribution in [1.29, 1.82) is 0 Å². The minimum absolute atomic E-state index is 0.00555. The van der Waals surface area contributed by atoms with Gasteiger partial charge in [0.15, 0.2) is 16.4 Å². The Bertz CT molecular complexity index is 1020. The molecule has 2 N–H and O–H groups in total. The average molecular weight is 392 g/mol. The molecule has 2 amide bonds. The molecule has 9 heteroatoms. The molecular weight excluding hydrogens is 375 g/mol. The molecule has 142 valence electrons. The predicted molar refractivity (Wildman–Crippen MR) is 97.0 cm³/mol. The number of nitrogens with one attached hydrogen (secondary N) is 2. The number of sulfone groups is 1. The molecule has 0 bridgehead atoms. The van der Waals surface area contributed by atoms with Crippen molar-refractivity contribution >= 4 is 33.0 Å². The van der Waals surface area contributed by atoms with Gasteiger partial charge < -0.3 is 15.4 Å². The molecule has 1 aliphatic rings. The molecule has 0 aliphatic carbocycles. The highest BCUT2D eigenvalue weighted by atomic mass is 32.2. The summed E-state index contributed by atoms with van der Waals surface area (Å²) in [4.78, 5) is 23.4. The van der Waals surface area contributed by atoms with E-state index in [4.69, 9.17) is 4.74 Å². The number of fused-ring (bicyclic) bond motifs is 1. The number of benzene rings is 2. The summed E-state index contributed by atoms with van der Waals surface area (Å²) in [5.74, 6) is -1.71. The van der Waals surface area contributed by atoms with Crippen molar-refractivity contribution < 1.29 is 27.1 Å². The number of aryl methyl sites for hydroxylation is 1. The van der Waals surface area contributed by atoms with Gasteiger partial charge in [0, 0.05) is 12.5 Å². The smallest absolute Gasteiger partial charge is 0.262 e. The molecule has 0 aromatic heterocycles. The summed E-state index contributed by atoms with van der Waals surface area (Å²) in [6.45, 7) is 1.40. The molecule has 0 radical (unpaired) electrons. The van der Waals surface area contributed by atoms with Crippen molar-refractivity contribution in [1.82, 2.24) is 0 Å². The zero-order chi connectivity index (χ0) is 19.6. The molecule has 3 rings (SSSR count). The second kappa shape index (κ2) is 7.36. The molecule has 0 saturated heterocycles. The van der Waals surface area contributed by atoms with E-state index in [1.165, 1.54) is 30.3 Å². The summed E-state index contributed by atoms with van der Waals surface area (Å²) in [5, 5.41) is 4.96. The van der Waals surface area contributed by atoms with E-state index < -0.39 is 27.3 Å². The van der Waals surface area contributed by atoms with Gasteiger partial charge in [-0.25, -0.2) is 12.8 Å². The van der Waals surface area contributed by atoms with Gasteiger partial charge in [-0.2, -0.15) is 0 Å². The molecule has 1 heterocycles. The average Bonchev–Trinajstić information content (AvgIpc) is 2.61. The third-order valence-corrected chi connectivity index (χ3v) is 5.84. The lowest BCUT2D eigenvalue weighted by Gasteiger charge is -2.20. The number of para-hydroxylation sites is 1. The van der Waals surface area contributed by atoms with Crippen molar-refractivity contribution in [2.24, 2.45) is 0 Å². The number of hydrogen-bond donors (Lipinski definition) is 2. The highest BCUT2D eigenvalue weighted by Gasteiger charge is 2.24. The quantitative estimate of drug-likeness (QED) is 0.813. The molecular formula is C18H17FN2O5S. The molecule has 2 aromatic carbocycles. The van der Waals surface area contributed by atoms with E-state index >= 15 is 0 Å². The number of hydrogen-bond acceptors (Lipinski definition) is 5. The van der Waals surface area contributed by atoms with Crippen LogP contribution in [-0.4, -0.2) is 32.6 Å². The van der Waals surface area contributed by atoms with Gasteiger partial charge in [-0.05, 0) is 30.7 Å². The summed E-state index contributed by atoms with van der Waals surface area (Å²) in [5.41, 5.74) is 0.822. The summed E-state index contributed by atoms with van der Waals surface area (Å²) in [7, 11) is -3.78. The van der Waals surface area contributed by atoms with Crippen LogP contribution >= 0.6 is 0 Å². The standard InChI is InChI=1S/C18H17FN2O5S/c1-11-8-14-15(26-10-18(23)21-14)9-16(11)27(24,25)7-6-17(22)20-13-5-3-2-4-12(13)19/h2-5,8-9H,6-7,10H2,1H3,(H,20,22)(H,21,23). The first-order valence-corrected chi connectivity index (χ1v) is 9.76. The first kappa shape index (κ1) is 18.8.